The summed E-state index contributed by atoms with van der Waals surface area (Å²) in [5, 5.41) is 18.4. The molecule has 66 valence electrons. The van der Waals surface area contributed by atoms with Crippen molar-refractivity contribution < 1.29 is 15.0 Å². The molecule has 0 fully saturated rings. The van der Waals surface area contributed by atoms with E-state index in [2.05, 4.69) is 0 Å². The summed E-state index contributed by atoms with van der Waals surface area (Å²) in [6, 6.07) is 0. The Hall–Kier alpha value is -0.570. The average Bonchev–Trinajstić information content (AvgIpc) is 1.83. The summed E-state index contributed by atoms with van der Waals surface area (Å²) in [7, 11) is 0. The number of aliphatic hydroxyl groups is 1. The minimum absolute atomic E-state index is 0.228. The molecule has 0 aromatic carbocycles. The van der Waals surface area contributed by atoms with Crippen LogP contribution in [-0.4, -0.2) is 21.8 Å². The molecule has 0 saturated carbocycles. The van der Waals surface area contributed by atoms with Crippen LogP contribution in [0.4, 0.5) is 0 Å². The second-order valence-corrected chi connectivity index (χ2v) is 3.77. The summed E-state index contributed by atoms with van der Waals surface area (Å²) in [4.78, 5) is 10.6. The van der Waals surface area contributed by atoms with E-state index in [0.29, 0.717) is 0 Å². The van der Waals surface area contributed by atoms with Crippen LogP contribution in [0.2, 0.25) is 0 Å². The van der Waals surface area contributed by atoms with E-state index in [9.17, 15) is 9.90 Å². The van der Waals surface area contributed by atoms with E-state index in [4.69, 9.17) is 5.11 Å². The molecule has 3 nitrogen and oxygen atoms in total. The summed E-state index contributed by atoms with van der Waals surface area (Å²) in [5.74, 6) is -1.15. The number of rotatable bonds is 2. The van der Waals surface area contributed by atoms with E-state index in [1.165, 1.54) is 0 Å². The minimum atomic E-state index is -1.60. The molecular formula is C8H16O3. The number of carboxylic acids is 1. The van der Waals surface area contributed by atoms with E-state index in [-0.39, 0.29) is 6.42 Å². The van der Waals surface area contributed by atoms with Crippen molar-refractivity contribution in [2.45, 2.75) is 39.7 Å². The van der Waals surface area contributed by atoms with Crippen LogP contribution in [0.3, 0.4) is 0 Å². The highest BCUT2D eigenvalue weighted by Gasteiger charge is 2.45. The summed E-state index contributed by atoms with van der Waals surface area (Å²) >= 11 is 0. The Morgan fingerprint density at radius 1 is 1.36 bits per heavy atom. The molecule has 1 atom stereocenters. The van der Waals surface area contributed by atoms with Gasteiger partial charge in [0.15, 0.2) is 5.60 Å². The zero-order valence-corrected chi connectivity index (χ0v) is 7.51. The molecule has 0 saturated heterocycles. The molecule has 0 aromatic heterocycles. The maximum atomic E-state index is 10.6. The first-order valence-electron chi connectivity index (χ1n) is 3.71. The molecule has 0 heterocycles. The SMILES string of the molecule is CC[C@](O)(C(=O)O)C(C)(C)C. The molecule has 0 rings (SSSR count). The van der Waals surface area contributed by atoms with Gasteiger partial charge < -0.3 is 10.2 Å². The van der Waals surface area contributed by atoms with Gasteiger partial charge >= 0.3 is 5.97 Å². The van der Waals surface area contributed by atoms with Gasteiger partial charge in [0.2, 0.25) is 0 Å². The molecule has 0 aliphatic carbocycles. The van der Waals surface area contributed by atoms with Gasteiger partial charge in [-0.25, -0.2) is 4.79 Å². The highest BCUT2D eigenvalue weighted by Crippen LogP contribution is 2.33. The minimum Gasteiger partial charge on any atom is -0.479 e. The Morgan fingerprint density at radius 3 is 1.73 bits per heavy atom. The second-order valence-electron chi connectivity index (χ2n) is 3.77. The normalized spacial score (nSPS) is 17.5. The van der Waals surface area contributed by atoms with Gasteiger partial charge in [-0.3, -0.25) is 0 Å². The van der Waals surface area contributed by atoms with E-state index >= 15 is 0 Å². The number of carboxylic acid groups (broad SMARTS) is 1. The Labute approximate surface area is 67.0 Å². The predicted octanol–water partition coefficient (Wildman–Crippen LogP) is 1.26. The molecule has 0 unspecified atom stereocenters. The highest BCUT2D eigenvalue weighted by molar-refractivity contribution is 5.78. The molecule has 11 heavy (non-hydrogen) atoms. The zero-order chi connectivity index (χ0) is 9.28. The molecular weight excluding hydrogens is 144 g/mol. The molecule has 0 aromatic rings. The Balaban J connectivity index is 4.75. The maximum Gasteiger partial charge on any atom is 0.336 e. The van der Waals surface area contributed by atoms with Gasteiger partial charge in [0.05, 0.1) is 0 Å². The van der Waals surface area contributed by atoms with Crippen molar-refractivity contribution in [2.24, 2.45) is 5.41 Å². The summed E-state index contributed by atoms with van der Waals surface area (Å²) in [6.07, 6.45) is 0.228. The second kappa shape index (κ2) is 2.81. The molecule has 0 radical (unpaired) electrons. The van der Waals surface area contributed by atoms with Crippen molar-refractivity contribution in [3.8, 4) is 0 Å². The summed E-state index contributed by atoms with van der Waals surface area (Å²) < 4.78 is 0. The smallest absolute Gasteiger partial charge is 0.336 e. The Kier molecular flexibility index (Phi) is 2.67. The summed E-state index contributed by atoms with van der Waals surface area (Å²) in [6.45, 7) is 6.80. The van der Waals surface area contributed by atoms with Crippen LogP contribution in [0.1, 0.15) is 34.1 Å². The molecule has 0 aliphatic heterocycles. The first-order valence-corrected chi connectivity index (χ1v) is 3.71. The van der Waals surface area contributed by atoms with Crippen LogP contribution in [0.5, 0.6) is 0 Å². The van der Waals surface area contributed by atoms with Gasteiger partial charge in [-0.2, -0.15) is 0 Å². The molecule has 0 amide bonds. The van der Waals surface area contributed by atoms with Gasteiger partial charge in [-0.05, 0) is 6.42 Å². The number of aliphatic carboxylic acids is 1. The van der Waals surface area contributed by atoms with Crippen LogP contribution in [0.25, 0.3) is 0 Å². The Morgan fingerprint density at radius 2 is 1.73 bits per heavy atom. The number of hydrogen-bond donors (Lipinski definition) is 2. The number of hydrogen-bond acceptors (Lipinski definition) is 2. The fourth-order valence-corrected chi connectivity index (χ4v) is 1.00. The lowest BCUT2D eigenvalue weighted by Crippen LogP contribution is -2.49. The third-order valence-electron chi connectivity index (χ3n) is 2.11. The topological polar surface area (TPSA) is 57.5 Å². The lowest BCUT2D eigenvalue weighted by atomic mass is 9.75. The van der Waals surface area contributed by atoms with Crippen LogP contribution < -0.4 is 0 Å². The standard InChI is InChI=1S/C8H16O3/c1-5-8(11,6(9)10)7(2,3)4/h11H,5H2,1-4H3,(H,9,10)/t8-/m0/s1. The lowest BCUT2D eigenvalue weighted by molar-refractivity contribution is -0.171. The fourth-order valence-electron chi connectivity index (χ4n) is 1.00. The van der Waals surface area contributed by atoms with Crippen molar-refractivity contribution >= 4 is 5.97 Å². The van der Waals surface area contributed by atoms with Crippen molar-refractivity contribution in [2.75, 3.05) is 0 Å². The first kappa shape index (κ1) is 10.4. The maximum absolute atomic E-state index is 10.6. The van der Waals surface area contributed by atoms with Gasteiger partial charge in [-0.1, -0.05) is 27.7 Å². The lowest BCUT2D eigenvalue weighted by Gasteiger charge is -2.35. The molecule has 0 aliphatic rings. The Bertz CT molecular complexity index is 157. The average molecular weight is 160 g/mol. The summed E-state index contributed by atoms with van der Waals surface area (Å²) in [5.41, 5.74) is -2.22. The van der Waals surface area contributed by atoms with Gasteiger partial charge in [0.25, 0.3) is 0 Å². The fraction of sp³-hybridized carbons (Fsp3) is 0.875. The van der Waals surface area contributed by atoms with Gasteiger partial charge in [0, 0.05) is 5.41 Å². The first-order chi connectivity index (χ1) is 4.75. The molecule has 0 spiro atoms. The van der Waals surface area contributed by atoms with E-state index in [1.807, 2.05) is 0 Å². The van der Waals surface area contributed by atoms with Crippen molar-refractivity contribution in [1.29, 1.82) is 0 Å². The third kappa shape index (κ3) is 1.71. The van der Waals surface area contributed by atoms with Gasteiger partial charge in [0.1, 0.15) is 0 Å². The van der Waals surface area contributed by atoms with Crippen molar-refractivity contribution in [1.82, 2.24) is 0 Å². The van der Waals surface area contributed by atoms with E-state index in [0.717, 1.165) is 0 Å². The molecule has 2 N–H and O–H groups in total. The highest BCUT2D eigenvalue weighted by atomic mass is 16.4. The van der Waals surface area contributed by atoms with Crippen LogP contribution in [-0.2, 0) is 4.79 Å². The van der Waals surface area contributed by atoms with Crippen LogP contribution >= 0.6 is 0 Å². The van der Waals surface area contributed by atoms with E-state index < -0.39 is 17.0 Å². The monoisotopic (exact) mass is 160 g/mol. The third-order valence-corrected chi connectivity index (χ3v) is 2.11. The van der Waals surface area contributed by atoms with Gasteiger partial charge in [-0.15, -0.1) is 0 Å². The van der Waals surface area contributed by atoms with E-state index in [1.54, 1.807) is 27.7 Å². The van der Waals surface area contributed by atoms with Crippen molar-refractivity contribution in [3.05, 3.63) is 0 Å². The predicted molar refractivity (Wildman–Crippen MR) is 42.3 cm³/mol. The largest absolute Gasteiger partial charge is 0.479 e. The molecule has 3 heteroatoms. The molecule has 0 bridgehead atoms. The van der Waals surface area contributed by atoms with Crippen LogP contribution in [0.15, 0.2) is 0 Å². The zero-order valence-electron chi connectivity index (χ0n) is 7.51. The van der Waals surface area contributed by atoms with Crippen molar-refractivity contribution in [3.63, 3.8) is 0 Å². The van der Waals surface area contributed by atoms with Crippen LogP contribution in [0, 0.1) is 5.41 Å². The quantitative estimate of drug-likeness (QED) is 0.639. The number of carbonyl (C=O) groups is 1.